The van der Waals surface area contributed by atoms with Gasteiger partial charge in [0.2, 0.25) is 0 Å². The van der Waals surface area contributed by atoms with Crippen molar-refractivity contribution in [1.82, 2.24) is 14.8 Å². The van der Waals surface area contributed by atoms with E-state index in [-0.39, 0.29) is 12.2 Å². The molecule has 0 spiro atoms. The highest BCUT2D eigenvalue weighted by molar-refractivity contribution is 5.44. The van der Waals surface area contributed by atoms with Crippen LogP contribution >= 0.6 is 0 Å². The lowest BCUT2D eigenvalue weighted by Crippen LogP contribution is -2.14. The predicted molar refractivity (Wildman–Crippen MR) is 58.1 cm³/mol. The Labute approximate surface area is 95.5 Å². The van der Waals surface area contributed by atoms with Gasteiger partial charge in [0, 0.05) is 0 Å². The van der Waals surface area contributed by atoms with E-state index in [0.717, 1.165) is 0 Å². The molecule has 0 atom stereocenters. The van der Waals surface area contributed by atoms with Crippen LogP contribution in [-0.2, 0) is 0 Å². The van der Waals surface area contributed by atoms with Crippen molar-refractivity contribution in [3.63, 3.8) is 0 Å². The van der Waals surface area contributed by atoms with Crippen LogP contribution in [0.1, 0.15) is 5.56 Å². The van der Waals surface area contributed by atoms with Crippen molar-refractivity contribution >= 4 is 0 Å². The second-order valence-electron chi connectivity index (χ2n) is 3.16. The molecule has 2 aromatic rings. The summed E-state index contributed by atoms with van der Waals surface area (Å²) in [6.07, 6.45) is 1.29. The van der Waals surface area contributed by atoms with Gasteiger partial charge in [-0.05, 0) is 18.2 Å². The van der Waals surface area contributed by atoms with E-state index in [4.69, 9.17) is 5.11 Å². The zero-order valence-electron chi connectivity index (χ0n) is 8.64. The Morgan fingerprint density at radius 1 is 1.53 bits per heavy atom. The van der Waals surface area contributed by atoms with Crippen molar-refractivity contribution in [3.05, 3.63) is 46.4 Å². The fraction of sp³-hybridized carbons (Fsp3) is 0.0909. The summed E-state index contributed by atoms with van der Waals surface area (Å²) in [5.41, 5.74) is 0.148. The fourth-order valence-electron chi connectivity index (χ4n) is 1.33. The van der Waals surface area contributed by atoms with Crippen molar-refractivity contribution in [3.8, 4) is 17.5 Å². The molecule has 0 unspecified atom stereocenters. The second kappa shape index (κ2) is 4.63. The molecule has 17 heavy (non-hydrogen) atoms. The molecule has 0 fully saturated rings. The van der Waals surface area contributed by atoms with Gasteiger partial charge in [-0.15, -0.1) is 0 Å². The smallest absolute Gasteiger partial charge is 0.347 e. The highest BCUT2D eigenvalue weighted by Crippen LogP contribution is 2.11. The Morgan fingerprint density at radius 3 is 3.00 bits per heavy atom. The summed E-state index contributed by atoms with van der Waals surface area (Å²) >= 11 is 0. The first-order valence-corrected chi connectivity index (χ1v) is 4.74. The van der Waals surface area contributed by atoms with Crippen LogP contribution in [0.3, 0.4) is 0 Å². The Kier molecular flexibility index (Phi) is 3.03. The number of rotatable bonds is 1. The predicted octanol–water partition coefficient (Wildman–Crippen LogP) is 0.0435. The minimum Gasteiger partial charge on any atom is -0.384 e. The third kappa shape index (κ3) is 2.24. The number of aromatic nitrogens is 3. The molecule has 1 heterocycles. The molecular formula is C11H8FN3O2. The second-order valence-corrected chi connectivity index (χ2v) is 3.16. The van der Waals surface area contributed by atoms with Crippen LogP contribution in [-0.4, -0.2) is 26.5 Å². The van der Waals surface area contributed by atoms with Crippen molar-refractivity contribution < 1.29 is 9.50 Å². The Morgan fingerprint density at radius 2 is 2.35 bits per heavy atom. The lowest BCUT2D eigenvalue weighted by atomic mass is 10.2. The first-order chi connectivity index (χ1) is 8.22. The molecule has 0 radical (unpaired) electrons. The van der Waals surface area contributed by atoms with Gasteiger partial charge in [-0.3, -0.25) is 0 Å². The lowest BCUT2D eigenvalue weighted by Gasteiger charge is -2.01. The number of aromatic amines is 1. The average Bonchev–Trinajstić information content (AvgIpc) is 2.75. The number of hydrogen-bond acceptors (Lipinski definition) is 3. The molecule has 1 aromatic heterocycles. The SMILES string of the molecule is O=c1[nH]ncn1-c1ccc(F)c(C#CCO)c1. The first kappa shape index (κ1) is 11.1. The number of nitrogens with one attached hydrogen (secondary N) is 1. The van der Waals surface area contributed by atoms with Crippen LogP contribution in [0.2, 0.25) is 0 Å². The van der Waals surface area contributed by atoms with Crippen LogP contribution < -0.4 is 5.69 Å². The topological polar surface area (TPSA) is 70.9 Å². The van der Waals surface area contributed by atoms with Gasteiger partial charge in [-0.1, -0.05) is 11.8 Å². The number of aliphatic hydroxyl groups excluding tert-OH is 1. The van der Waals surface area contributed by atoms with Crippen molar-refractivity contribution in [2.75, 3.05) is 6.61 Å². The van der Waals surface area contributed by atoms with Gasteiger partial charge in [0.1, 0.15) is 18.8 Å². The Hall–Kier alpha value is -2.39. The van der Waals surface area contributed by atoms with Gasteiger partial charge in [-0.2, -0.15) is 5.10 Å². The summed E-state index contributed by atoms with van der Waals surface area (Å²) < 4.78 is 14.6. The number of halogens is 1. The molecule has 1 aromatic carbocycles. The first-order valence-electron chi connectivity index (χ1n) is 4.74. The van der Waals surface area contributed by atoms with Crippen LogP contribution in [0.15, 0.2) is 29.3 Å². The largest absolute Gasteiger partial charge is 0.384 e. The summed E-state index contributed by atoms with van der Waals surface area (Å²) in [5, 5.41) is 14.3. The minimum atomic E-state index is -0.508. The molecular weight excluding hydrogens is 225 g/mol. The fourth-order valence-corrected chi connectivity index (χ4v) is 1.33. The van der Waals surface area contributed by atoms with E-state index in [2.05, 4.69) is 22.0 Å². The third-order valence-corrected chi connectivity index (χ3v) is 2.08. The molecule has 2 N–H and O–H groups in total. The van der Waals surface area contributed by atoms with Crippen LogP contribution in [0.5, 0.6) is 0 Å². The van der Waals surface area contributed by atoms with Gasteiger partial charge in [0.15, 0.2) is 0 Å². The standard InChI is InChI=1S/C11H8FN3O2/c12-10-4-3-9(6-8(10)2-1-5-16)15-7-13-14-11(15)17/h3-4,6-7,16H,5H2,(H,14,17). The van der Waals surface area contributed by atoms with Crippen LogP contribution in [0.25, 0.3) is 5.69 Å². The Balaban J connectivity index is 2.52. The summed E-state index contributed by atoms with van der Waals surface area (Å²) in [7, 11) is 0. The molecule has 6 heteroatoms. The van der Waals surface area contributed by atoms with E-state index in [1.165, 1.54) is 29.1 Å². The van der Waals surface area contributed by atoms with E-state index < -0.39 is 11.5 Å². The number of H-pyrrole nitrogens is 1. The normalized spacial score (nSPS) is 9.76. The number of aliphatic hydroxyl groups is 1. The molecule has 0 amide bonds. The summed E-state index contributed by atoms with van der Waals surface area (Å²) in [5.74, 6) is 4.30. The molecule has 86 valence electrons. The summed E-state index contributed by atoms with van der Waals surface area (Å²) in [6.45, 7) is -0.352. The summed E-state index contributed by atoms with van der Waals surface area (Å²) in [4.78, 5) is 11.3. The Bertz CT molecular complexity index is 648. The zero-order valence-corrected chi connectivity index (χ0v) is 8.64. The van der Waals surface area contributed by atoms with E-state index >= 15 is 0 Å². The van der Waals surface area contributed by atoms with Gasteiger partial charge in [0.25, 0.3) is 0 Å². The van der Waals surface area contributed by atoms with Crippen molar-refractivity contribution in [2.24, 2.45) is 0 Å². The van der Waals surface area contributed by atoms with Gasteiger partial charge >= 0.3 is 5.69 Å². The third-order valence-electron chi connectivity index (χ3n) is 2.08. The van der Waals surface area contributed by atoms with Gasteiger partial charge in [0.05, 0.1) is 11.3 Å². The minimum absolute atomic E-state index is 0.115. The molecule has 0 aliphatic carbocycles. The molecule has 2 rings (SSSR count). The molecule has 0 saturated heterocycles. The van der Waals surface area contributed by atoms with E-state index in [1.54, 1.807) is 0 Å². The molecule has 0 saturated carbocycles. The van der Waals surface area contributed by atoms with Crippen molar-refractivity contribution in [2.45, 2.75) is 0 Å². The van der Waals surface area contributed by atoms with Crippen LogP contribution in [0, 0.1) is 17.7 Å². The average molecular weight is 233 g/mol. The monoisotopic (exact) mass is 233 g/mol. The molecule has 5 nitrogen and oxygen atoms in total. The summed E-state index contributed by atoms with van der Waals surface area (Å²) in [6, 6.07) is 4.06. The molecule has 0 aliphatic rings. The maximum absolute atomic E-state index is 13.3. The van der Waals surface area contributed by atoms with E-state index in [0.29, 0.717) is 5.69 Å². The van der Waals surface area contributed by atoms with Gasteiger partial charge in [-0.25, -0.2) is 18.9 Å². The highest BCUT2D eigenvalue weighted by Gasteiger charge is 2.05. The number of benzene rings is 1. The van der Waals surface area contributed by atoms with Gasteiger partial charge < -0.3 is 5.11 Å². The van der Waals surface area contributed by atoms with Crippen LogP contribution in [0.4, 0.5) is 4.39 Å². The van der Waals surface area contributed by atoms with Crippen molar-refractivity contribution in [1.29, 1.82) is 0 Å². The quantitative estimate of drug-likeness (QED) is 0.683. The zero-order chi connectivity index (χ0) is 12.3. The number of nitrogens with zero attached hydrogens (tertiary/aromatic N) is 2. The molecule has 0 aliphatic heterocycles. The van der Waals surface area contributed by atoms with E-state index in [9.17, 15) is 9.18 Å². The lowest BCUT2D eigenvalue weighted by molar-refractivity contribution is 0.350. The maximum atomic E-state index is 13.3. The number of hydrogen-bond donors (Lipinski definition) is 2. The van der Waals surface area contributed by atoms with E-state index in [1.807, 2.05) is 0 Å². The molecule has 0 bridgehead atoms. The maximum Gasteiger partial charge on any atom is 0.347 e. The highest BCUT2D eigenvalue weighted by atomic mass is 19.1.